The molecule has 1 saturated heterocycles. The number of carbonyl (C=O) groups is 1. The molecule has 1 aliphatic carbocycles. The molecule has 6 rings (SSSR count). The van der Waals surface area contributed by atoms with Crippen molar-refractivity contribution >= 4 is 45.3 Å². The van der Waals surface area contributed by atoms with Crippen molar-refractivity contribution in [2.75, 3.05) is 18.9 Å². The quantitative estimate of drug-likeness (QED) is 0.414. The number of ether oxygens (including phenoxy) is 1. The van der Waals surface area contributed by atoms with Crippen molar-refractivity contribution in [1.29, 1.82) is 0 Å². The molecular weight excluding hydrogens is 442 g/mol. The summed E-state index contributed by atoms with van der Waals surface area (Å²) in [5.41, 5.74) is 9.56. The summed E-state index contributed by atoms with van der Waals surface area (Å²) in [4.78, 5) is 24.5. The van der Waals surface area contributed by atoms with Crippen molar-refractivity contribution in [1.82, 2.24) is 30.0 Å². The van der Waals surface area contributed by atoms with E-state index in [0.29, 0.717) is 50.8 Å². The van der Waals surface area contributed by atoms with Gasteiger partial charge in [-0.05, 0) is 43.7 Å². The maximum absolute atomic E-state index is 12.5. The number of fused-ring (bicyclic) bond motifs is 2. The maximum Gasteiger partial charge on any atom is 0.251 e. The predicted octanol–water partition coefficient (Wildman–Crippen LogP) is 3.53. The third kappa shape index (κ3) is 3.71. The Bertz CT molecular complexity index is 1370. The lowest BCUT2D eigenvalue weighted by molar-refractivity contribution is 0.0605. The number of aromatic amines is 1. The van der Waals surface area contributed by atoms with Crippen LogP contribution in [0.25, 0.3) is 33.3 Å². The van der Waals surface area contributed by atoms with Gasteiger partial charge in [0.15, 0.2) is 5.65 Å². The summed E-state index contributed by atoms with van der Waals surface area (Å²) >= 11 is 6.79. The second-order valence-electron chi connectivity index (χ2n) is 8.87. The van der Waals surface area contributed by atoms with E-state index in [1.54, 1.807) is 6.07 Å². The minimum Gasteiger partial charge on any atom is -0.383 e. The van der Waals surface area contributed by atoms with Crippen LogP contribution in [0.4, 0.5) is 5.82 Å². The fraction of sp³-hybridized carbons (Fsp3) is 0.391. The summed E-state index contributed by atoms with van der Waals surface area (Å²) in [6.07, 6.45) is 5.51. The number of carbonyl (C=O) groups excluding carboxylic acids is 1. The molecule has 1 aliphatic heterocycles. The van der Waals surface area contributed by atoms with Crippen LogP contribution in [-0.4, -0.2) is 49.9 Å². The number of nitrogens with two attached hydrogens (primary N) is 1. The van der Waals surface area contributed by atoms with E-state index in [1.807, 2.05) is 16.8 Å². The van der Waals surface area contributed by atoms with Gasteiger partial charge in [-0.3, -0.25) is 4.79 Å². The first-order valence-corrected chi connectivity index (χ1v) is 11.6. The topological polar surface area (TPSA) is 124 Å². The summed E-state index contributed by atoms with van der Waals surface area (Å²) in [6.45, 7) is 2.25. The minimum absolute atomic E-state index is 0.0736. The third-order valence-corrected chi connectivity index (χ3v) is 6.87. The molecule has 2 fully saturated rings. The van der Waals surface area contributed by atoms with Gasteiger partial charge in [0.1, 0.15) is 17.8 Å². The van der Waals surface area contributed by atoms with Gasteiger partial charge < -0.3 is 20.8 Å². The number of hydrogen-bond acceptors (Lipinski definition) is 6. The van der Waals surface area contributed by atoms with Crippen molar-refractivity contribution in [2.45, 2.75) is 38.3 Å². The van der Waals surface area contributed by atoms with E-state index in [1.165, 1.54) is 6.33 Å². The Hall–Kier alpha value is -3.17. The van der Waals surface area contributed by atoms with Gasteiger partial charge in [0.2, 0.25) is 0 Å². The highest BCUT2D eigenvalue weighted by Gasteiger charge is 2.26. The number of hydrogen-bond donors (Lipinski definition) is 3. The second-order valence-corrected chi connectivity index (χ2v) is 9.24. The Morgan fingerprint density at radius 3 is 2.85 bits per heavy atom. The van der Waals surface area contributed by atoms with Crippen LogP contribution in [0.3, 0.4) is 0 Å². The molecular formula is C23H24ClN7O2. The first-order valence-electron chi connectivity index (χ1n) is 11.3. The predicted molar refractivity (Wildman–Crippen MR) is 126 cm³/mol. The van der Waals surface area contributed by atoms with Crippen molar-refractivity contribution in [3.05, 3.63) is 35.1 Å². The Morgan fingerprint density at radius 2 is 2.06 bits per heavy atom. The Labute approximate surface area is 194 Å². The van der Waals surface area contributed by atoms with Crippen LogP contribution >= 0.6 is 11.6 Å². The highest BCUT2D eigenvalue weighted by atomic mass is 35.5. The van der Waals surface area contributed by atoms with Crippen molar-refractivity contribution in [2.24, 2.45) is 5.92 Å². The molecule has 2 aliphatic rings. The zero-order chi connectivity index (χ0) is 22.5. The van der Waals surface area contributed by atoms with Gasteiger partial charge in [-0.15, -0.1) is 0 Å². The molecule has 0 radical (unpaired) electrons. The monoisotopic (exact) mass is 465 g/mol. The smallest absolute Gasteiger partial charge is 0.251 e. The van der Waals surface area contributed by atoms with E-state index >= 15 is 0 Å². The van der Waals surface area contributed by atoms with Crippen molar-refractivity contribution in [3.8, 4) is 11.4 Å². The second kappa shape index (κ2) is 8.00. The first-order chi connectivity index (χ1) is 16.1. The SMILES string of the molecule is Nc1ncnc2c1c(-c1[nH]c3cc(C(=O)NC4CC4)ccc3c1Cl)nn2CC1CCOCC1. The van der Waals surface area contributed by atoms with Crippen LogP contribution < -0.4 is 11.1 Å². The molecule has 4 N–H and O–H groups in total. The van der Waals surface area contributed by atoms with Gasteiger partial charge in [0.05, 0.1) is 16.1 Å². The van der Waals surface area contributed by atoms with Crippen LogP contribution in [0.15, 0.2) is 24.5 Å². The van der Waals surface area contributed by atoms with E-state index in [2.05, 4.69) is 20.3 Å². The van der Waals surface area contributed by atoms with E-state index in [-0.39, 0.29) is 5.91 Å². The van der Waals surface area contributed by atoms with Crippen LogP contribution in [0, 0.1) is 5.92 Å². The van der Waals surface area contributed by atoms with Crippen LogP contribution in [0.5, 0.6) is 0 Å². The average molecular weight is 466 g/mol. The zero-order valence-corrected chi connectivity index (χ0v) is 18.7. The van der Waals surface area contributed by atoms with Crippen molar-refractivity contribution in [3.63, 3.8) is 0 Å². The fourth-order valence-corrected chi connectivity index (χ4v) is 4.77. The van der Waals surface area contributed by atoms with Gasteiger partial charge in [-0.1, -0.05) is 17.7 Å². The number of amides is 1. The van der Waals surface area contributed by atoms with E-state index in [0.717, 1.165) is 56.3 Å². The van der Waals surface area contributed by atoms with E-state index in [9.17, 15) is 4.79 Å². The molecule has 1 amide bonds. The number of anilines is 1. The number of nitrogens with zero attached hydrogens (tertiary/aromatic N) is 4. The zero-order valence-electron chi connectivity index (χ0n) is 18.0. The number of aromatic nitrogens is 5. The van der Waals surface area contributed by atoms with Crippen molar-refractivity contribution < 1.29 is 9.53 Å². The van der Waals surface area contributed by atoms with Gasteiger partial charge in [-0.25, -0.2) is 14.6 Å². The average Bonchev–Trinajstić information content (AvgIpc) is 3.48. The standard InChI is InChI=1S/C23H24ClN7O2/c24-18-15-4-1-13(23(32)28-14-2-3-14)9-16(15)29-20(18)19-17-21(25)26-11-27-22(17)31(30-19)10-12-5-7-33-8-6-12/h1,4,9,11-12,14,29H,2-3,5-8,10H2,(H,28,32)(H2,25,26,27). The van der Waals surface area contributed by atoms with Gasteiger partial charge >= 0.3 is 0 Å². The van der Waals surface area contributed by atoms with Crippen LogP contribution in [0.2, 0.25) is 5.02 Å². The summed E-state index contributed by atoms with van der Waals surface area (Å²) in [5.74, 6) is 0.736. The fourth-order valence-electron chi connectivity index (χ4n) is 4.47. The van der Waals surface area contributed by atoms with E-state index < -0.39 is 0 Å². The molecule has 0 spiro atoms. The number of rotatable bonds is 5. The van der Waals surface area contributed by atoms with Gasteiger partial charge in [0, 0.05) is 42.3 Å². The number of nitrogen functional groups attached to an aromatic ring is 1. The number of nitrogens with one attached hydrogen (secondary N) is 2. The molecule has 3 aromatic heterocycles. The molecule has 33 heavy (non-hydrogen) atoms. The largest absolute Gasteiger partial charge is 0.383 e. The summed E-state index contributed by atoms with van der Waals surface area (Å²) in [6, 6.07) is 5.78. The highest BCUT2D eigenvalue weighted by molar-refractivity contribution is 6.38. The molecule has 0 bridgehead atoms. The molecule has 4 aromatic rings. The molecule has 0 atom stereocenters. The Morgan fingerprint density at radius 1 is 1.24 bits per heavy atom. The third-order valence-electron chi connectivity index (χ3n) is 6.48. The van der Waals surface area contributed by atoms with Crippen LogP contribution in [0.1, 0.15) is 36.0 Å². The Balaban J connectivity index is 1.43. The lowest BCUT2D eigenvalue weighted by Crippen LogP contribution is -2.25. The van der Waals surface area contributed by atoms with Crippen LogP contribution in [-0.2, 0) is 11.3 Å². The van der Waals surface area contributed by atoms with Gasteiger partial charge in [-0.2, -0.15) is 5.10 Å². The molecule has 10 heteroatoms. The maximum atomic E-state index is 12.5. The lowest BCUT2D eigenvalue weighted by atomic mass is 10.0. The molecule has 4 heterocycles. The highest BCUT2D eigenvalue weighted by Crippen LogP contribution is 2.38. The molecule has 1 saturated carbocycles. The number of H-pyrrole nitrogens is 1. The summed E-state index contributed by atoms with van der Waals surface area (Å²) < 4.78 is 7.39. The summed E-state index contributed by atoms with van der Waals surface area (Å²) in [5, 5.41) is 9.91. The minimum atomic E-state index is -0.0736. The van der Waals surface area contributed by atoms with E-state index in [4.69, 9.17) is 27.2 Å². The number of halogens is 1. The Kier molecular flexibility index (Phi) is 4.95. The molecule has 170 valence electrons. The lowest BCUT2D eigenvalue weighted by Gasteiger charge is -2.21. The normalized spacial score (nSPS) is 17.1. The number of benzene rings is 1. The van der Waals surface area contributed by atoms with Gasteiger partial charge in [0.25, 0.3) is 5.91 Å². The molecule has 9 nitrogen and oxygen atoms in total. The molecule has 1 aromatic carbocycles. The first kappa shape index (κ1) is 20.4. The summed E-state index contributed by atoms with van der Waals surface area (Å²) in [7, 11) is 0. The molecule has 0 unspecified atom stereocenters.